The van der Waals surface area contributed by atoms with E-state index in [9.17, 15) is 4.79 Å². The van der Waals surface area contributed by atoms with Gasteiger partial charge in [-0.05, 0) is 25.5 Å². The van der Waals surface area contributed by atoms with Crippen LogP contribution in [0.15, 0.2) is 22.6 Å². The van der Waals surface area contributed by atoms with Gasteiger partial charge < -0.3 is 4.42 Å². The molecule has 0 spiro atoms. The molecule has 0 amide bonds. The van der Waals surface area contributed by atoms with Gasteiger partial charge in [-0.2, -0.15) is 0 Å². The van der Waals surface area contributed by atoms with E-state index in [1.807, 2.05) is 26.0 Å². The van der Waals surface area contributed by atoms with Crippen LogP contribution in [0, 0.1) is 6.92 Å². The predicted molar refractivity (Wildman–Crippen MR) is 55.7 cm³/mol. The first-order valence-corrected chi connectivity index (χ1v) is 4.73. The van der Waals surface area contributed by atoms with Gasteiger partial charge in [0.05, 0.1) is 0 Å². The van der Waals surface area contributed by atoms with E-state index in [0.29, 0.717) is 5.76 Å². The first kappa shape index (κ1) is 9.00. The highest BCUT2D eigenvalue weighted by molar-refractivity contribution is 5.90. The molecular formula is C12H12O2. The van der Waals surface area contributed by atoms with Crippen LogP contribution >= 0.6 is 0 Å². The second kappa shape index (κ2) is 3.29. The number of aldehydes is 1. The lowest BCUT2D eigenvalue weighted by atomic mass is 10.1. The number of aryl methyl sites for hydroxylation is 2. The summed E-state index contributed by atoms with van der Waals surface area (Å²) < 4.78 is 5.43. The van der Waals surface area contributed by atoms with Gasteiger partial charge in [0.15, 0.2) is 12.0 Å². The average Bonchev–Trinajstić information content (AvgIpc) is 2.54. The highest BCUT2D eigenvalue weighted by Gasteiger charge is 2.11. The van der Waals surface area contributed by atoms with Crippen molar-refractivity contribution in [3.63, 3.8) is 0 Å². The Kier molecular flexibility index (Phi) is 2.12. The van der Waals surface area contributed by atoms with E-state index in [0.717, 1.165) is 29.2 Å². The van der Waals surface area contributed by atoms with Crippen molar-refractivity contribution in [3.8, 4) is 0 Å². The maximum atomic E-state index is 10.7. The van der Waals surface area contributed by atoms with E-state index in [2.05, 4.69) is 6.07 Å². The van der Waals surface area contributed by atoms with Crippen molar-refractivity contribution >= 4 is 17.3 Å². The summed E-state index contributed by atoms with van der Waals surface area (Å²) in [6.07, 6.45) is 1.61. The lowest BCUT2D eigenvalue weighted by Crippen LogP contribution is -1.84. The van der Waals surface area contributed by atoms with Crippen molar-refractivity contribution in [2.75, 3.05) is 0 Å². The molecule has 0 bridgehead atoms. The summed E-state index contributed by atoms with van der Waals surface area (Å²) in [4.78, 5) is 10.7. The molecule has 1 aromatic carbocycles. The van der Waals surface area contributed by atoms with Crippen LogP contribution in [0.1, 0.15) is 28.6 Å². The molecule has 14 heavy (non-hydrogen) atoms. The van der Waals surface area contributed by atoms with Crippen molar-refractivity contribution in [1.29, 1.82) is 0 Å². The van der Waals surface area contributed by atoms with E-state index in [1.54, 1.807) is 0 Å². The summed E-state index contributed by atoms with van der Waals surface area (Å²) in [5.74, 6) is 0.466. The Bertz CT molecular complexity index is 480. The third kappa shape index (κ3) is 1.23. The molecule has 0 unspecified atom stereocenters. The molecule has 0 atom stereocenters. The van der Waals surface area contributed by atoms with E-state index in [4.69, 9.17) is 4.42 Å². The highest BCUT2D eigenvalue weighted by Crippen LogP contribution is 2.26. The predicted octanol–water partition coefficient (Wildman–Crippen LogP) is 3.12. The minimum absolute atomic E-state index is 0.466. The van der Waals surface area contributed by atoms with E-state index < -0.39 is 0 Å². The third-order valence-electron chi connectivity index (χ3n) is 2.44. The summed E-state index contributed by atoms with van der Waals surface area (Å²) in [5.41, 5.74) is 3.00. The fourth-order valence-corrected chi connectivity index (χ4v) is 1.74. The Labute approximate surface area is 82.5 Å². The number of hydrogen-bond donors (Lipinski definition) is 0. The molecule has 0 saturated carbocycles. The van der Waals surface area contributed by atoms with E-state index >= 15 is 0 Å². The van der Waals surface area contributed by atoms with Crippen LogP contribution in [0.5, 0.6) is 0 Å². The van der Waals surface area contributed by atoms with Crippen LogP contribution in [-0.4, -0.2) is 6.29 Å². The Morgan fingerprint density at radius 1 is 1.43 bits per heavy atom. The number of carbonyl (C=O) groups is 1. The number of fused-ring (bicyclic) bond motifs is 1. The molecule has 0 fully saturated rings. The molecule has 72 valence electrons. The molecule has 2 rings (SSSR count). The van der Waals surface area contributed by atoms with Crippen molar-refractivity contribution < 1.29 is 9.21 Å². The fourth-order valence-electron chi connectivity index (χ4n) is 1.74. The van der Waals surface area contributed by atoms with Crippen LogP contribution in [0.2, 0.25) is 0 Å². The fraction of sp³-hybridized carbons (Fsp3) is 0.250. The molecular weight excluding hydrogens is 176 g/mol. The van der Waals surface area contributed by atoms with Crippen LogP contribution in [-0.2, 0) is 6.42 Å². The second-order valence-corrected chi connectivity index (χ2v) is 3.42. The summed E-state index contributed by atoms with van der Waals surface area (Å²) >= 11 is 0. The number of carbonyl (C=O) groups excluding carboxylic acids is 1. The van der Waals surface area contributed by atoms with Gasteiger partial charge >= 0.3 is 0 Å². The van der Waals surface area contributed by atoms with E-state index in [1.165, 1.54) is 5.56 Å². The lowest BCUT2D eigenvalue weighted by Gasteiger charge is -1.94. The molecule has 0 aliphatic heterocycles. The highest BCUT2D eigenvalue weighted by atomic mass is 16.3. The molecule has 1 aromatic heterocycles. The summed E-state index contributed by atoms with van der Waals surface area (Å²) in [6.45, 7) is 4.06. The standard InChI is InChI=1S/C12H12O2/c1-3-9-10-6-8(2)4-5-11(10)14-12(9)7-13/h4-7H,3H2,1-2H3. The third-order valence-corrected chi connectivity index (χ3v) is 2.44. The van der Waals surface area contributed by atoms with E-state index in [-0.39, 0.29) is 0 Å². The second-order valence-electron chi connectivity index (χ2n) is 3.42. The molecule has 2 heteroatoms. The molecule has 2 aromatic rings. The zero-order chi connectivity index (χ0) is 10.1. The maximum Gasteiger partial charge on any atom is 0.185 e. The SMILES string of the molecule is CCc1c(C=O)oc2ccc(C)cc12. The maximum absolute atomic E-state index is 10.7. The molecule has 0 aliphatic carbocycles. The molecule has 0 N–H and O–H groups in total. The van der Waals surface area contributed by atoms with Gasteiger partial charge in [0.25, 0.3) is 0 Å². The van der Waals surface area contributed by atoms with Crippen molar-refractivity contribution in [1.82, 2.24) is 0 Å². The smallest absolute Gasteiger partial charge is 0.185 e. The van der Waals surface area contributed by atoms with Gasteiger partial charge in [-0.15, -0.1) is 0 Å². The monoisotopic (exact) mass is 188 g/mol. The Balaban J connectivity index is 2.81. The first-order chi connectivity index (χ1) is 6.76. The van der Waals surface area contributed by atoms with Crippen LogP contribution in [0.4, 0.5) is 0 Å². The number of furan rings is 1. The molecule has 0 radical (unpaired) electrons. The normalized spacial score (nSPS) is 10.7. The van der Waals surface area contributed by atoms with Gasteiger partial charge in [-0.3, -0.25) is 4.79 Å². The van der Waals surface area contributed by atoms with Gasteiger partial charge in [-0.1, -0.05) is 18.6 Å². The molecule has 0 aliphatic rings. The number of benzene rings is 1. The first-order valence-electron chi connectivity index (χ1n) is 4.73. The number of rotatable bonds is 2. The Hall–Kier alpha value is -1.57. The summed E-state index contributed by atoms with van der Waals surface area (Å²) in [7, 11) is 0. The molecule has 0 saturated heterocycles. The van der Waals surface area contributed by atoms with Gasteiger partial charge in [0, 0.05) is 10.9 Å². The zero-order valence-corrected chi connectivity index (χ0v) is 8.33. The zero-order valence-electron chi connectivity index (χ0n) is 8.33. The van der Waals surface area contributed by atoms with Gasteiger partial charge in [0.1, 0.15) is 5.58 Å². The minimum atomic E-state index is 0.466. The van der Waals surface area contributed by atoms with Crippen LogP contribution < -0.4 is 0 Å². The lowest BCUT2D eigenvalue weighted by molar-refractivity contribution is 0.110. The van der Waals surface area contributed by atoms with Crippen molar-refractivity contribution in [2.24, 2.45) is 0 Å². The van der Waals surface area contributed by atoms with Crippen LogP contribution in [0.3, 0.4) is 0 Å². The molecule has 1 heterocycles. The Morgan fingerprint density at radius 2 is 2.21 bits per heavy atom. The summed E-state index contributed by atoms with van der Waals surface area (Å²) in [5, 5.41) is 1.06. The van der Waals surface area contributed by atoms with Crippen LogP contribution in [0.25, 0.3) is 11.0 Å². The van der Waals surface area contributed by atoms with Gasteiger partial charge in [-0.25, -0.2) is 0 Å². The quantitative estimate of drug-likeness (QED) is 0.678. The van der Waals surface area contributed by atoms with Crippen molar-refractivity contribution in [2.45, 2.75) is 20.3 Å². The average molecular weight is 188 g/mol. The topological polar surface area (TPSA) is 30.2 Å². The largest absolute Gasteiger partial charge is 0.453 e. The summed E-state index contributed by atoms with van der Waals surface area (Å²) in [6, 6.07) is 5.96. The number of hydrogen-bond acceptors (Lipinski definition) is 2. The minimum Gasteiger partial charge on any atom is -0.453 e. The van der Waals surface area contributed by atoms with Gasteiger partial charge in [0.2, 0.25) is 0 Å². The van der Waals surface area contributed by atoms with Crippen molar-refractivity contribution in [3.05, 3.63) is 35.1 Å². The molecule has 2 nitrogen and oxygen atoms in total. The Morgan fingerprint density at radius 3 is 2.86 bits per heavy atom.